The summed E-state index contributed by atoms with van der Waals surface area (Å²) in [7, 11) is -3.77. The van der Waals surface area contributed by atoms with Crippen molar-refractivity contribution in [2.45, 2.75) is 24.8 Å². The maximum Gasteiger partial charge on any atom is 0.241 e. The Labute approximate surface area is 165 Å². The van der Waals surface area contributed by atoms with Gasteiger partial charge < -0.3 is 5.32 Å². The molecule has 144 valence electrons. The third kappa shape index (κ3) is 4.85. The Morgan fingerprint density at radius 3 is 1.96 bits per heavy atom. The highest BCUT2D eigenvalue weighted by atomic mass is 32.2. The first-order chi connectivity index (χ1) is 13.3. The standard InChI is InChI=1S/C22H22N2O3S/c1-16-8-10-19(11-9-16)22(18-6-4-3-5-7-18)24-28(26,27)21-14-12-20(13-15-21)23-17(2)25/h3-15,22,24H,1-2H3,(H,23,25)/t22-/m0/s1. The van der Waals surface area contributed by atoms with Gasteiger partial charge in [0.05, 0.1) is 10.9 Å². The molecule has 0 unspecified atom stereocenters. The van der Waals surface area contributed by atoms with Crippen LogP contribution in [-0.2, 0) is 14.8 Å². The van der Waals surface area contributed by atoms with Gasteiger partial charge in [-0.05, 0) is 42.3 Å². The summed E-state index contributed by atoms with van der Waals surface area (Å²) in [6, 6.07) is 22.8. The van der Waals surface area contributed by atoms with Crippen LogP contribution in [0.4, 0.5) is 5.69 Å². The number of benzene rings is 3. The quantitative estimate of drug-likeness (QED) is 0.663. The van der Waals surface area contributed by atoms with Crippen LogP contribution in [-0.4, -0.2) is 14.3 Å². The van der Waals surface area contributed by atoms with Crippen molar-refractivity contribution >= 4 is 21.6 Å². The molecule has 0 aliphatic rings. The van der Waals surface area contributed by atoms with Gasteiger partial charge in [-0.15, -0.1) is 0 Å². The highest BCUT2D eigenvalue weighted by Crippen LogP contribution is 2.25. The summed E-state index contributed by atoms with van der Waals surface area (Å²) in [6.07, 6.45) is 0. The normalized spacial score (nSPS) is 12.4. The Morgan fingerprint density at radius 2 is 1.39 bits per heavy atom. The van der Waals surface area contributed by atoms with Crippen molar-refractivity contribution in [1.29, 1.82) is 0 Å². The molecule has 0 radical (unpaired) electrons. The molecule has 0 saturated heterocycles. The van der Waals surface area contributed by atoms with E-state index < -0.39 is 16.1 Å². The van der Waals surface area contributed by atoms with E-state index in [0.717, 1.165) is 16.7 Å². The topological polar surface area (TPSA) is 75.3 Å². The third-order valence-electron chi connectivity index (χ3n) is 4.30. The number of anilines is 1. The zero-order chi connectivity index (χ0) is 20.1. The molecule has 28 heavy (non-hydrogen) atoms. The molecular formula is C22H22N2O3S. The second-order valence-corrected chi connectivity index (χ2v) is 8.30. The van der Waals surface area contributed by atoms with Gasteiger partial charge in [-0.3, -0.25) is 4.79 Å². The van der Waals surface area contributed by atoms with E-state index in [9.17, 15) is 13.2 Å². The fraction of sp³-hybridized carbons (Fsp3) is 0.136. The summed E-state index contributed by atoms with van der Waals surface area (Å²) < 4.78 is 28.8. The average molecular weight is 394 g/mol. The molecule has 5 nitrogen and oxygen atoms in total. The second-order valence-electron chi connectivity index (χ2n) is 6.58. The molecule has 3 aromatic rings. The molecule has 0 bridgehead atoms. The summed E-state index contributed by atoms with van der Waals surface area (Å²) in [5, 5.41) is 2.63. The molecule has 3 rings (SSSR count). The molecule has 1 atom stereocenters. The Hall–Kier alpha value is -2.96. The van der Waals surface area contributed by atoms with Crippen molar-refractivity contribution in [3.8, 4) is 0 Å². The van der Waals surface area contributed by atoms with E-state index in [1.54, 1.807) is 12.1 Å². The third-order valence-corrected chi connectivity index (χ3v) is 5.74. The molecule has 3 aromatic carbocycles. The van der Waals surface area contributed by atoms with E-state index in [2.05, 4.69) is 10.0 Å². The second kappa shape index (κ2) is 8.37. The molecule has 0 fully saturated rings. The first-order valence-corrected chi connectivity index (χ1v) is 10.3. The maximum absolute atomic E-state index is 13.0. The molecule has 1 amide bonds. The Balaban J connectivity index is 1.93. The molecule has 0 aliphatic heterocycles. The van der Waals surface area contributed by atoms with E-state index >= 15 is 0 Å². The van der Waals surface area contributed by atoms with E-state index in [-0.39, 0.29) is 10.8 Å². The first kappa shape index (κ1) is 19.8. The van der Waals surface area contributed by atoms with E-state index in [4.69, 9.17) is 0 Å². The molecule has 0 spiro atoms. The van der Waals surface area contributed by atoms with Crippen molar-refractivity contribution in [2.24, 2.45) is 0 Å². The van der Waals surface area contributed by atoms with Gasteiger partial charge >= 0.3 is 0 Å². The lowest BCUT2D eigenvalue weighted by atomic mass is 9.99. The number of hydrogen-bond donors (Lipinski definition) is 2. The van der Waals surface area contributed by atoms with Crippen molar-refractivity contribution in [3.63, 3.8) is 0 Å². The van der Waals surface area contributed by atoms with E-state index in [0.29, 0.717) is 5.69 Å². The average Bonchev–Trinajstić information content (AvgIpc) is 2.68. The molecule has 0 heterocycles. The number of aryl methyl sites for hydroxylation is 1. The lowest BCUT2D eigenvalue weighted by molar-refractivity contribution is -0.114. The number of carbonyl (C=O) groups is 1. The van der Waals surface area contributed by atoms with Gasteiger partial charge in [0.2, 0.25) is 15.9 Å². The van der Waals surface area contributed by atoms with Gasteiger partial charge in [-0.1, -0.05) is 60.2 Å². The number of amides is 1. The zero-order valence-corrected chi connectivity index (χ0v) is 16.5. The van der Waals surface area contributed by atoms with Crippen LogP contribution < -0.4 is 10.0 Å². The number of carbonyl (C=O) groups excluding carboxylic acids is 1. The predicted octanol–water partition coefficient (Wildman–Crippen LogP) is 4.02. The van der Waals surface area contributed by atoms with Gasteiger partial charge in [-0.25, -0.2) is 8.42 Å². The van der Waals surface area contributed by atoms with Gasteiger partial charge in [-0.2, -0.15) is 4.72 Å². The number of rotatable bonds is 6. The lowest BCUT2D eigenvalue weighted by Crippen LogP contribution is -2.29. The molecule has 2 N–H and O–H groups in total. The summed E-state index contributed by atoms with van der Waals surface area (Å²) in [5.74, 6) is -0.211. The van der Waals surface area contributed by atoms with Crippen LogP contribution in [0, 0.1) is 6.92 Å². The number of sulfonamides is 1. The minimum Gasteiger partial charge on any atom is -0.326 e. The smallest absolute Gasteiger partial charge is 0.241 e. The summed E-state index contributed by atoms with van der Waals surface area (Å²) >= 11 is 0. The molecular weight excluding hydrogens is 372 g/mol. The van der Waals surface area contributed by atoms with Crippen molar-refractivity contribution in [1.82, 2.24) is 4.72 Å². The van der Waals surface area contributed by atoms with Gasteiger partial charge in [0, 0.05) is 12.6 Å². The van der Waals surface area contributed by atoms with Crippen LogP contribution >= 0.6 is 0 Å². The monoisotopic (exact) mass is 394 g/mol. The van der Waals surface area contributed by atoms with Crippen LogP contribution in [0.2, 0.25) is 0 Å². The summed E-state index contributed by atoms with van der Waals surface area (Å²) in [5.41, 5.74) is 3.36. The Bertz CT molecular complexity index is 1050. The van der Waals surface area contributed by atoms with Crippen LogP contribution in [0.3, 0.4) is 0 Å². The van der Waals surface area contributed by atoms with E-state index in [1.165, 1.54) is 19.1 Å². The highest BCUT2D eigenvalue weighted by Gasteiger charge is 2.23. The lowest BCUT2D eigenvalue weighted by Gasteiger charge is -2.20. The summed E-state index contributed by atoms with van der Waals surface area (Å²) in [4.78, 5) is 11.3. The zero-order valence-electron chi connectivity index (χ0n) is 15.7. The highest BCUT2D eigenvalue weighted by molar-refractivity contribution is 7.89. The minimum atomic E-state index is -3.77. The molecule has 0 saturated carbocycles. The largest absolute Gasteiger partial charge is 0.326 e. The number of nitrogens with one attached hydrogen (secondary N) is 2. The van der Waals surface area contributed by atoms with Crippen molar-refractivity contribution < 1.29 is 13.2 Å². The SMILES string of the molecule is CC(=O)Nc1ccc(S(=O)(=O)N[C@@H](c2ccccc2)c2ccc(C)cc2)cc1. The fourth-order valence-electron chi connectivity index (χ4n) is 2.88. The Morgan fingerprint density at radius 1 is 0.821 bits per heavy atom. The maximum atomic E-state index is 13.0. The predicted molar refractivity (Wildman–Crippen MR) is 111 cm³/mol. The van der Waals surface area contributed by atoms with Crippen LogP contribution in [0.1, 0.15) is 29.7 Å². The van der Waals surface area contributed by atoms with Crippen molar-refractivity contribution in [2.75, 3.05) is 5.32 Å². The van der Waals surface area contributed by atoms with Gasteiger partial charge in [0.25, 0.3) is 0 Å². The minimum absolute atomic E-state index is 0.134. The van der Waals surface area contributed by atoms with Crippen molar-refractivity contribution in [3.05, 3.63) is 95.6 Å². The number of hydrogen-bond acceptors (Lipinski definition) is 3. The Kier molecular flexibility index (Phi) is 5.92. The van der Waals surface area contributed by atoms with Crippen LogP contribution in [0.15, 0.2) is 83.8 Å². The molecule has 0 aliphatic carbocycles. The van der Waals surface area contributed by atoms with E-state index in [1.807, 2.05) is 61.5 Å². The van der Waals surface area contributed by atoms with Crippen LogP contribution in [0.5, 0.6) is 0 Å². The molecule has 0 aromatic heterocycles. The molecule has 6 heteroatoms. The van der Waals surface area contributed by atoms with Gasteiger partial charge in [0.1, 0.15) is 0 Å². The summed E-state index contributed by atoms with van der Waals surface area (Å²) in [6.45, 7) is 3.39. The first-order valence-electron chi connectivity index (χ1n) is 8.87. The van der Waals surface area contributed by atoms with Crippen LogP contribution in [0.25, 0.3) is 0 Å². The van der Waals surface area contributed by atoms with Gasteiger partial charge in [0.15, 0.2) is 0 Å². The fourth-order valence-corrected chi connectivity index (χ4v) is 4.09.